The molecule has 0 unspecified atom stereocenters. The van der Waals surface area contributed by atoms with Gasteiger partial charge < -0.3 is 0 Å². The number of fused-ring (bicyclic) bond motifs is 1. The molecule has 0 atom stereocenters. The van der Waals surface area contributed by atoms with Gasteiger partial charge in [0.25, 0.3) is 0 Å². The van der Waals surface area contributed by atoms with Crippen LogP contribution in [0.3, 0.4) is 0 Å². The molecule has 1 aliphatic rings. The van der Waals surface area contributed by atoms with Crippen LogP contribution in [0.25, 0.3) is 11.0 Å². The highest BCUT2D eigenvalue weighted by Crippen LogP contribution is 2.27. The Kier molecular flexibility index (Phi) is 2.89. The molecule has 3 rings (SSSR count). The molecule has 6 nitrogen and oxygen atoms in total. The summed E-state index contributed by atoms with van der Waals surface area (Å²) in [6.45, 7) is 7.95. The molecular formula is C13H19N5O. The van der Waals surface area contributed by atoms with Crippen LogP contribution in [-0.2, 0) is 10.4 Å². The van der Waals surface area contributed by atoms with Crippen molar-refractivity contribution in [2.45, 2.75) is 39.2 Å². The quantitative estimate of drug-likeness (QED) is 0.787. The summed E-state index contributed by atoms with van der Waals surface area (Å²) >= 11 is 0. The zero-order valence-electron chi connectivity index (χ0n) is 11.6. The van der Waals surface area contributed by atoms with E-state index in [1.54, 1.807) is 6.33 Å². The van der Waals surface area contributed by atoms with Gasteiger partial charge in [0.05, 0.1) is 23.7 Å². The van der Waals surface area contributed by atoms with Crippen molar-refractivity contribution in [3.63, 3.8) is 0 Å². The SMILES string of the molecule is CC(C)(C)n1ncc2c(N3CCCCO3)ncnc21. The van der Waals surface area contributed by atoms with Crippen molar-refractivity contribution in [3.8, 4) is 0 Å². The molecule has 2 aromatic heterocycles. The number of hydrogen-bond donors (Lipinski definition) is 0. The van der Waals surface area contributed by atoms with Crippen LogP contribution >= 0.6 is 0 Å². The van der Waals surface area contributed by atoms with E-state index < -0.39 is 0 Å². The summed E-state index contributed by atoms with van der Waals surface area (Å²) in [5.74, 6) is 0.820. The molecule has 102 valence electrons. The van der Waals surface area contributed by atoms with Gasteiger partial charge >= 0.3 is 0 Å². The monoisotopic (exact) mass is 261 g/mol. The van der Waals surface area contributed by atoms with Gasteiger partial charge in [-0.2, -0.15) is 5.10 Å². The Hall–Kier alpha value is -1.69. The fourth-order valence-corrected chi connectivity index (χ4v) is 2.29. The largest absolute Gasteiger partial charge is 0.272 e. The van der Waals surface area contributed by atoms with Gasteiger partial charge in [-0.05, 0) is 33.6 Å². The van der Waals surface area contributed by atoms with Crippen molar-refractivity contribution in [1.29, 1.82) is 0 Å². The van der Waals surface area contributed by atoms with Crippen LogP contribution in [0.4, 0.5) is 5.82 Å². The Morgan fingerprint density at radius 3 is 2.74 bits per heavy atom. The zero-order chi connectivity index (χ0) is 13.5. The zero-order valence-corrected chi connectivity index (χ0v) is 11.6. The molecule has 0 amide bonds. The average molecular weight is 261 g/mol. The summed E-state index contributed by atoms with van der Waals surface area (Å²) in [5.41, 5.74) is 0.752. The van der Waals surface area contributed by atoms with Crippen molar-refractivity contribution in [2.75, 3.05) is 18.2 Å². The van der Waals surface area contributed by atoms with Gasteiger partial charge in [0.1, 0.15) is 6.33 Å². The lowest BCUT2D eigenvalue weighted by Crippen LogP contribution is -2.30. The van der Waals surface area contributed by atoms with Crippen molar-refractivity contribution in [1.82, 2.24) is 19.7 Å². The van der Waals surface area contributed by atoms with E-state index in [1.807, 2.05) is 15.9 Å². The number of nitrogens with zero attached hydrogens (tertiary/aromatic N) is 5. The minimum atomic E-state index is -0.101. The van der Waals surface area contributed by atoms with Gasteiger partial charge in [0, 0.05) is 6.54 Å². The normalized spacial score (nSPS) is 17.1. The number of hydroxylamine groups is 1. The van der Waals surface area contributed by atoms with E-state index in [4.69, 9.17) is 4.84 Å². The van der Waals surface area contributed by atoms with E-state index in [0.717, 1.165) is 42.8 Å². The minimum Gasteiger partial charge on any atom is -0.272 e. The third-order valence-electron chi connectivity index (χ3n) is 3.22. The van der Waals surface area contributed by atoms with Crippen LogP contribution in [0.1, 0.15) is 33.6 Å². The summed E-state index contributed by atoms with van der Waals surface area (Å²) < 4.78 is 1.93. The summed E-state index contributed by atoms with van der Waals surface area (Å²) in [4.78, 5) is 14.4. The van der Waals surface area contributed by atoms with Gasteiger partial charge in [-0.25, -0.2) is 19.7 Å². The summed E-state index contributed by atoms with van der Waals surface area (Å²) in [6, 6.07) is 0. The van der Waals surface area contributed by atoms with Gasteiger partial charge in [-0.15, -0.1) is 0 Å². The highest BCUT2D eigenvalue weighted by molar-refractivity contribution is 5.86. The van der Waals surface area contributed by atoms with Crippen LogP contribution < -0.4 is 5.06 Å². The van der Waals surface area contributed by atoms with E-state index in [-0.39, 0.29) is 5.54 Å². The van der Waals surface area contributed by atoms with E-state index in [1.165, 1.54) is 0 Å². The molecule has 1 aliphatic heterocycles. The molecule has 1 fully saturated rings. The summed E-state index contributed by atoms with van der Waals surface area (Å²) in [5, 5.41) is 7.26. The van der Waals surface area contributed by atoms with Crippen LogP contribution in [0.5, 0.6) is 0 Å². The second kappa shape index (κ2) is 4.45. The molecule has 0 saturated carbocycles. The lowest BCUT2D eigenvalue weighted by Gasteiger charge is -2.27. The van der Waals surface area contributed by atoms with Gasteiger partial charge in [0.2, 0.25) is 0 Å². The fraction of sp³-hybridized carbons (Fsp3) is 0.615. The van der Waals surface area contributed by atoms with E-state index in [0.29, 0.717) is 0 Å². The predicted molar refractivity (Wildman–Crippen MR) is 72.9 cm³/mol. The van der Waals surface area contributed by atoms with E-state index in [9.17, 15) is 0 Å². The first-order valence-electron chi connectivity index (χ1n) is 6.67. The highest BCUT2D eigenvalue weighted by Gasteiger charge is 2.22. The smallest absolute Gasteiger partial charge is 0.166 e. The molecule has 0 aliphatic carbocycles. The molecular weight excluding hydrogens is 242 g/mol. The standard InChI is InChI=1S/C13H19N5O/c1-13(2,3)18-12-10(8-16-18)11(14-9-15-12)17-6-4-5-7-19-17/h8-9H,4-7H2,1-3H3. The predicted octanol–water partition coefficient (Wildman–Crippen LogP) is 2.11. The number of anilines is 1. The van der Waals surface area contributed by atoms with Gasteiger partial charge in [-0.1, -0.05) is 0 Å². The van der Waals surface area contributed by atoms with Crippen LogP contribution in [0, 0.1) is 0 Å². The highest BCUT2D eigenvalue weighted by atomic mass is 16.7. The molecule has 0 N–H and O–H groups in total. The Morgan fingerprint density at radius 2 is 2.05 bits per heavy atom. The molecule has 0 radical (unpaired) electrons. The lowest BCUT2D eigenvalue weighted by atomic mass is 10.1. The summed E-state index contributed by atoms with van der Waals surface area (Å²) in [7, 11) is 0. The second-order valence-corrected chi connectivity index (χ2v) is 5.80. The lowest BCUT2D eigenvalue weighted by molar-refractivity contribution is 0.0767. The minimum absolute atomic E-state index is 0.101. The maximum Gasteiger partial charge on any atom is 0.166 e. The topological polar surface area (TPSA) is 56.1 Å². The Morgan fingerprint density at radius 1 is 1.21 bits per heavy atom. The average Bonchev–Trinajstić information content (AvgIpc) is 2.83. The van der Waals surface area contributed by atoms with Crippen LogP contribution in [0.15, 0.2) is 12.5 Å². The fourth-order valence-electron chi connectivity index (χ4n) is 2.29. The Labute approximate surface area is 112 Å². The molecule has 19 heavy (non-hydrogen) atoms. The van der Waals surface area contributed by atoms with Crippen LogP contribution in [0.2, 0.25) is 0 Å². The Balaban J connectivity index is 2.09. The van der Waals surface area contributed by atoms with Gasteiger partial charge in [-0.3, -0.25) is 4.84 Å². The molecule has 0 aromatic carbocycles. The van der Waals surface area contributed by atoms with E-state index >= 15 is 0 Å². The van der Waals surface area contributed by atoms with Crippen molar-refractivity contribution in [3.05, 3.63) is 12.5 Å². The van der Waals surface area contributed by atoms with E-state index in [2.05, 4.69) is 35.8 Å². The molecule has 1 saturated heterocycles. The molecule has 0 spiro atoms. The summed E-state index contributed by atoms with van der Waals surface area (Å²) in [6.07, 6.45) is 5.64. The number of rotatable bonds is 1. The molecule has 6 heteroatoms. The van der Waals surface area contributed by atoms with Crippen molar-refractivity contribution >= 4 is 16.9 Å². The first-order valence-corrected chi connectivity index (χ1v) is 6.67. The van der Waals surface area contributed by atoms with Crippen LogP contribution in [-0.4, -0.2) is 32.9 Å². The second-order valence-electron chi connectivity index (χ2n) is 5.80. The maximum atomic E-state index is 5.67. The van der Waals surface area contributed by atoms with Gasteiger partial charge in [0.15, 0.2) is 11.5 Å². The number of aromatic nitrogens is 4. The number of hydrogen-bond acceptors (Lipinski definition) is 5. The first kappa shape index (κ1) is 12.3. The molecule has 3 heterocycles. The third-order valence-corrected chi connectivity index (χ3v) is 3.22. The molecule has 0 bridgehead atoms. The van der Waals surface area contributed by atoms with Crippen molar-refractivity contribution in [2.24, 2.45) is 0 Å². The molecule has 2 aromatic rings. The maximum absolute atomic E-state index is 5.67. The third kappa shape index (κ3) is 2.16. The van der Waals surface area contributed by atoms with Crippen molar-refractivity contribution < 1.29 is 4.84 Å². The Bertz CT molecular complexity index is 580. The first-order chi connectivity index (χ1) is 9.07.